The second-order valence-electron chi connectivity index (χ2n) is 2.93. The molecular formula is C11H10N4S. The Morgan fingerprint density at radius 3 is 2.75 bits per heavy atom. The third kappa shape index (κ3) is 2.99. The molecule has 2 aliphatic rings. The van der Waals surface area contributed by atoms with Gasteiger partial charge in [0.2, 0.25) is 0 Å². The minimum Gasteiger partial charge on any atom is -0.367 e. The molecule has 0 aromatic carbocycles. The number of aromatic nitrogens is 2. The van der Waals surface area contributed by atoms with Gasteiger partial charge in [0.1, 0.15) is 0 Å². The van der Waals surface area contributed by atoms with E-state index in [0.717, 1.165) is 5.57 Å². The largest absolute Gasteiger partial charge is 0.367 e. The molecule has 0 aliphatic carbocycles. The van der Waals surface area contributed by atoms with Crippen molar-refractivity contribution in [2.24, 2.45) is 4.99 Å². The third-order valence-electron chi connectivity index (χ3n) is 1.88. The van der Waals surface area contributed by atoms with Gasteiger partial charge >= 0.3 is 0 Å². The number of nitrogens with zero attached hydrogens (tertiary/aromatic N) is 3. The standard InChI is InChI=1S/C9H8N2.C2H2N2S/c1-2-8-3-5-11-7-9(8)6-10-4-1;1-2-4-5-3-1/h1-7,11H;1-2H. The SMILES string of the molecule is C1=CN=CC2=CNC=CC2=C1.c1cnsn1. The summed E-state index contributed by atoms with van der Waals surface area (Å²) in [6.07, 6.45) is 16.8. The minimum atomic E-state index is 1.12. The normalized spacial score (nSPS) is 16.0. The zero-order chi connectivity index (χ0) is 11.1. The van der Waals surface area contributed by atoms with E-state index in [1.165, 1.54) is 17.3 Å². The highest BCUT2D eigenvalue weighted by atomic mass is 32.1. The average molecular weight is 230 g/mol. The van der Waals surface area contributed by atoms with Crippen molar-refractivity contribution in [1.29, 1.82) is 0 Å². The van der Waals surface area contributed by atoms with Gasteiger partial charge in [0.15, 0.2) is 0 Å². The van der Waals surface area contributed by atoms with E-state index in [4.69, 9.17) is 0 Å². The smallest absolute Gasteiger partial charge is 0.0679 e. The van der Waals surface area contributed by atoms with Gasteiger partial charge in [0.25, 0.3) is 0 Å². The number of nitrogens with one attached hydrogen (secondary N) is 1. The Hall–Kier alpha value is -2.01. The van der Waals surface area contributed by atoms with Gasteiger partial charge in [-0.1, -0.05) is 6.08 Å². The van der Waals surface area contributed by atoms with Gasteiger partial charge in [0.05, 0.1) is 24.1 Å². The number of hydrogen-bond donors (Lipinski definition) is 1. The molecule has 16 heavy (non-hydrogen) atoms. The van der Waals surface area contributed by atoms with Crippen LogP contribution in [0.3, 0.4) is 0 Å². The molecule has 1 aromatic rings. The van der Waals surface area contributed by atoms with Crippen molar-refractivity contribution in [3.63, 3.8) is 0 Å². The summed E-state index contributed by atoms with van der Waals surface area (Å²) in [7, 11) is 0. The molecule has 0 saturated heterocycles. The van der Waals surface area contributed by atoms with Crippen molar-refractivity contribution in [1.82, 2.24) is 14.1 Å². The van der Waals surface area contributed by atoms with Crippen LogP contribution in [0.1, 0.15) is 0 Å². The molecule has 0 saturated carbocycles. The Labute approximate surface area is 97.8 Å². The van der Waals surface area contributed by atoms with Gasteiger partial charge in [-0.15, -0.1) is 0 Å². The Morgan fingerprint density at radius 1 is 1.12 bits per heavy atom. The highest BCUT2D eigenvalue weighted by Gasteiger charge is 2.02. The first-order valence-electron chi connectivity index (χ1n) is 4.71. The number of fused-ring (bicyclic) bond motifs is 1. The van der Waals surface area contributed by atoms with E-state index in [-0.39, 0.29) is 0 Å². The van der Waals surface area contributed by atoms with Crippen molar-refractivity contribution < 1.29 is 0 Å². The van der Waals surface area contributed by atoms with Crippen molar-refractivity contribution in [2.75, 3.05) is 0 Å². The maximum Gasteiger partial charge on any atom is 0.0679 e. The fourth-order valence-electron chi connectivity index (χ4n) is 1.17. The summed E-state index contributed by atoms with van der Waals surface area (Å²) in [5.41, 5.74) is 2.32. The van der Waals surface area contributed by atoms with Gasteiger partial charge in [-0.05, 0) is 17.7 Å². The van der Waals surface area contributed by atoms with Crippen LogP contribution in [0, 0.1) is 0 Å². The van der Waals surface area contributed by atoms with E-state index in [9.17, 15) is 0 Å². The van der Waals surface area contributed by atoms with Gasteiger partial charge in [-0.3, -0.25) is 4.99 Å². The number of rotatable bonds is 0. The minimum absolute atomic E-state index is 1.12. The van der Waals surface area contributed by atoms with Gasteiger partial charge in [-0.2, -0.15) is 8.75 Å². The molecular weight excluding hydrogens is 220 g/mol. The predicted octanol–water partition coefficient (Wildman–Crippen LogP) is 2.05. The molecule has 5 heteroatoms. The molecule has 4 nitrogen and oxygen atoms in total. The van der Waals surface area contributed by atoms with Crippen molar-refractivity contribution in [3.8, 4) is 0 Å². The molecule has 0 atom stereocenters. The van der Waals surface area contributed by atoms with E-state index in [0.29, 0.717) is 0 Å². The molecule has 2 aliphatic heterocycles. The summed E-state index contributed by atoms with van der Waals surface area (Å²) in [5.74, 6) is 0. The zero-order valence-electron chi connectivity index (χ0n) is 8.45. The van der Waals surface area contributed by atoms with Crippen LogP contribution in [0.4, 0.5) is 0 Å². The van der Waals surface area contributed by atoms with Crippen molar-refractivity contribution >= 4 is 17.9 Å². The van der Waals surface area contributed by atoms with Crippen molar-refractivity contribution in [3.05, 3.63) is 60.4 Å². The van der Waals surface area contributed by atoms with Crippen LogP contribution in [0.2, 0.25) is 0 Å². The summed E-state index contributed by atoms with van der Waals surface area (Å²) in [6.45, 7) is 0. The zero-order valence-corrected chi connectivity index (χ0v) is 9.26. The molecule has 80 valence electrons. The molecule has 0 radical (unpaired) electrons. The summed E-state index contributed by atoms with van der Waals surface area (Å²) in [4.78, 5) is 4.06. The molecule has 3 heterocycles. The first-order chi connectivity index (χ1) is 7.97. The lowest BCUT2D eigenvalue weighted by Crippen LogP contribution is -2.03. The maximum absolute atomic E-state index is 4.06. The summed E-state index contributed by atoms with van der Waals surface area (Å²) in [6, 6.07) is 0. The predicted molar refractivity (Wildman–Crippen MR) is 66.0 cm³/mol. The van der Waals surface area contributed by atoms with Gasteiger partial charge in [-0.25, -0.2) is 0 Å². The van der Waals surface area contributed by atoms with Crippen molar-refractivity contribution in [2.45, 2.75) is 0 Å². The molecule has 0 amide bonds. The fraction of sp³-hybridized carbons (Fsp3) is 0. The Bertz CT molecular complexity index is 449. The third-order valence-corrected chi connectivity index (χ3v) is 2.31. The molecule has 0 bridgehead atoms. The Balaban J connectivity index is 0.000000162. The van der Waals surface area contributed by atoms with E-state index in [2.05, 4.69) is 19.1 Å². The Morgan fingerprint density at radius 2 is 2.00 bits per heavy atom. The van der Waals surface area contributed by atoms with Gasteiger partial charge < -0.3 is 5.32 Å². The first kappa shape index (κ1) is 10.5. The van der Waals surface area contributed by atoms with Crippen LogP contribution in [-0.4, -0.2) is 15.0 Å². The highest BCUT2D eigenvalue weighted by Crippen LogP contribution is 2.13. The van der Waals surface area contributed by atoms with Crippen LogP contribution < -0.4 is 5.32 Å². The van der Waals surface area contributed by atoms with E-state index < -0.39 is 0 Å². The number of allylic oxidation sites excluding steroid dienone is 5. The molecule has 3 rings (SSSR count). The monoisotopic (exact) mass is 230 g/mol. The van der Waals surface area contributed by atoms with E-state index in [1.54, 1.807) is 18.6 Å². The van der Waals surface area contributed by atoms with Crippen LogP contribution in [0.25, 0.3) is 0 Å². The lowest BCUT2D eigenvalue weighted by Gasteiger charge is -2.06. The summed E-state index contributed by atoms with van der Waals surface area (Å²) >= 11 is 1.21. The number of aliphatic imine (C=N–C) groups is 1. The van der Waals surface area contributed by atoms with Crippen LogP contribution in [-0.2, 0) is 0 Å². The molecule has 0 unspecified atom stereocenters. The topological polar surface area (TPSA) is 50.2 Å². The average Bonchev–Trinajstić information content (AvgIpc) is 2.81. The lowest BCUT2D eigenvalue weighted by molar-refractivity contribution is 1.15. The van der Waals surface area contributed by atoms with Gasteiger partial charge in [0, 0.05) is 30.4 Å². The summed E-state index contributed by atoms with van der Waals surface area (Å²) < 4.78 is 7.31. The van der Waals surface area contributed by atoms with Crippen LogP contribution >= 0.6 is 11.7 Å². The maximum atomic E-state index is 4.06. The second-order valence-corrected chi connectivity index (χ2v) is 3.52. The highest BCUT2D eigenvalue weighted by molar-refractivity contribution is 6.98. The van der Waals surface area contributed by atoms with Crippen LogP contribution in [0.5, 0.6) is 0 Å². The van der Waals surface area contributed by atoms with E-state index in [1.807, 2.05) is 36.8 Å². The molecule has 1 aromatic heterocycles. The lowest BCUT2D eigenvalue weighted by atomic mass is 10.1. The number of dihydropyridines is 1. The summed E-state index contributed by atoms with van der Waals surface area (Å²) in [5, 5.41) is 3.01. The quantitative estimate of drug-likeness (QED) is 0.742. The Kier molecular flexibility index (Phi) is 3.79. The van der Waals surface area contributed by atoms with E-state index >= 15 is 0 Å². The molecule has 0 fully saturated rings. The van der Waals surface area contributed by atoms with Crippen LogP contribution in [0.15, 0.2) is 65.4 Å². The fourth-order valence-corrected chi connectivity index (χ4v) is 1.45. The molecule has 1 N–H and O–H groups in total. The number of hydrogen-bond acceptors (Lipinski definition) is 5. The first-order valence-corrected chi connectivity index (χ1v) is 5.44. The second kappa shape index (κ2) is 5.77. The molecule has 0 spiro atoms.